The van der Waals surface area contributed by atoms with Gasteiger partial charge in [0.05, 0.1) is 24.1 Å². The number of nitrogens with one attached hydrogen (secondary N) is 1. The number of rotatable bonds is 6. The van der Waals surface area contributed by atoms with Crippen molar-refractivity contribution in [1.82, 2.24) is 4.98 Å². The number of hydrogen-bond acceptors (Lipinski definition) is 5. The summed E-state index contributed by atoms with van der Waals surface area (Å²) >= 11 is 1.28. The maximum atomic E-state index is 13.2. The molecule has 0 radical (unpaired) electrons. The van der Waals surface area contributed by atoms with Crippen LogP contribution >= 0.6 is 11.3 Å². The minimum Gasteiger partial charge on any atom is -0.302 e. The Hall–Kier alpha value is -2.78. The first-order valence-electron chi connectivity index (χ1n) is 8.26. The lowest BCUT2D eigenvalue weighted by atomic mass is 10.1. The van der Waals surface area contributed by atoms with E-state index in [0.717, 1.165) is 11.8 Å². The summed E-state index contributed by atoms with van der Waals surface area (Å²) in [5.41, 5.74) is 2.59. The zero-order valence-corrected chi connectivity index (χ0v) is 16.8. The molecule has 0 bridgehead atoms. The molecule has 0 fully saturated rings. The van der Waals surface area contributed by atoms with Crippen molar-refractivity contribution in [1.29, 1.82) is 0 Å². The summed E-state index contributed by atoms with van der Waals surface area (Å²) < 4.78 is 37.6. The molecule has 0 aliphatic rings. The van der Waals surface area contributed by atoms with Gasteiger partial charge in [0, 0.05) is 18.0 Å². The van der Waals surface area contributed by atoms with Gasteiger partial charge in [-0.05, 0) is 29.8 Å². The topological polar surface area (TPSA) is 79.4 Å². The van der Waals surface area contributed by atoms with Gasteiger partial charge in [0.15, 0.2) is 5.13 Å². The predicted octanol–water partition coefficient (Wildman–Crippen LogP) is 3.53. The molecule has 6 nitrogen and oxygen atoms in total. The van der Waals surface area contributed by atoms with Crippen LogP contribution in [0.4, 0.5) is 15.2 Å². The second-order valence-corrected chi connectivity index (χ2v) is 9.04. The number of amides is 1. The lowest BCUT2D eigenvalue weighted by Crippen LogP contribution is -2.24. The van der Waals surface area contributed by atoms with E-state index in [2.05, 4.69) is 10.3 Å². The lowest BCUT2D eigenvalue weighted by molar-refractivity contribution is -0.115. The molecule has 0 saturated heterocycles. The highest BCUT2D eigenvalue weighted by molar-refractivity contribution is 7.92. The third-order valence-electron chi connectivity index (χ3n) is 4.03. The van der Waals surface area contributed by atoms with Crippen LogP contribution in [0.2, 0.25) is 0 Å². The molecule has 28 heavy (non-hydrogen) atoms. The summed E-state index contributed by atoms with van der Waals surface area (Å²) in [6.45, 7) is 0. The van der Waals surface area contributed by atoms with Crippen LogP contribution in [0.3, 0.4) is 0 Å². The van der Waals surface area contributed by atoms with E-state index in [1.54, 1.807) is 41.8 Å². The minimum atomic E-state index is -3.32. The Balaban J connectivity index is 1.67. The molecule has 0 atom stereocenters. The SMILES string of the molecule is CN(c1ccc(-c2csc(NC(=O)Cc3cccc(F)c3)n2)cc1)S(C)(=O)=O. The molecular formula is C19H18FN3O3S2. The van der Waals surface area contributed by atoms with E-state index in [1.807, 2.05) is 0 Å². The lowest BCUT2D eigenvalue weighted by Gasteiger charge is -2.16. The zero-order valence-electron chi connectivity index (χ0n) is 15.2. The minimum absolute atomic E-state index is 0.0548. The molecule has 3 rings (SSSR count). The number of sulfonamides is 1. The van der Waals surface area contributed by atoms with Crippen LogP contribution in [0, 0.1) is 5.82 Å². The molecule has 1 heterocycles. The molecule has 1 aromatic heterocycles. The number of nitrogens with zero attached hydrogens (tertiary/aromatic N) is 2. The quantitative estimate of drug-likeness (QED) is 0.663. The highest BCUT2D eigenvalue weighted by atomic mass is 32.2. The Bertz CT molecular complexity index is 1100. The van der Waals surface area contributed by atoms with Crippen molar-refractivity contribution in [3.05, 3.63) is 65.3 Å². The monoisotopic (exact) mass is 419 g/mol. The van der Waals surface area contributed by atoms with Crippen molar-refractivity contribution in [3.63, 3.8) is 0 Å². The van der Waals surface area contributed by atoms with Gasteiger partial charge < -0.3 is 5.32 Å². The number of halogens is 1. The molecule has 0 spiro atoms. The average Bonchev–Trinajstić information content (AvgIpc) is 3.08. The number of anilines is 2. The molecule has 1 amide bonds. The largest absolute Gasteiger partial charge is 0.302 e. The number of carbonyl (C=O) groups is 1. The van der Waals surface area contributed by atoms with Crippen LogP contribution in [-0.2, 0) is 21.2 Å². The number of benzene rings is 2. The van der Waals surface area contributed by atoms with Crippen molar-refractivity contribution in [2.24, 2.45) is 0 Å². The van der Waals surface area contributed by atoms with Crippen molar-refractivity contribution in [2.45, 2.75) is 6.42 Å². The first-order valence-corrected chi connectivity index (χ1v) is 11.0. The summed E-state index contributed by atoms with van der Waals surface area (Å²) in [4.78, 5) is 16.5. The second-order valence-electron chi connectivity index (χ2n) is 6.17. The molecule has 2 aromatic carbocycles. The Kier molecular flexibility index (Phi) is 5.76. The summed E-state index contributed by atoms with van der Waals surface area (Å²) in [5, 5.41) is 4.95. The van der Waals surface area contributed by atoms with Gasteiger partial charge in [-0.3, -0.25) is 9.10 Å². The average molecular weight is 420 g/mol. The molecule has 0 unspecified atom stereocenters. The number of thiazole rings is 1. The van der Waals surface area contributed by atoms with Crippen molar-refractivity contribution < 1.29 is 17.6 Å². The molecule has 0 saturated carbocycles. The fraction of sp³-hybridized carbons (Fsp3) is 0.158. The summed E-state index contributed by atoms with van der Waals surface area (Å²) in [7, 11) is -1.84. The molecule has 3 aromatic rings. The highest BCUT2D eigenvalue weighted by Crippen LogP contribution is 2.27. The van der Waals surface area contributed by atoms with E-state index in [0.29, 0.717) is 22.1 Å². The molecule has 0 aliphatic carbocycles. The fourth-order valence-corrected chi connectivity index (χ4v) is 3.73. The van der Waals surface area contributed by atoms with Gasteiger partial charge in [0.1, 0.15) is 5.82 Å². The first-order chi connectivity index (χ1) is 13.2. The van der Waals surface area contributed by atoms with Crippen LogP contribution < -0.4 is 9.62 Å². The van der Waals surface area contributed by atoms with Gasteiger partial charge in [-0.15, -0.1) is 11.3 Å². The molecular weight excluding hydrogens is 401 g/mol. The van der Waals surface area contributed by atoms with Crippen molar-refractivity contribution in [2.75, 3.05) is 22.9 Å². The Labute approximate surface area is 166 Å². The van der Waals surface area contributed by atoms with Gasteiger partial charge in [0.25, 0.3) is 0 Å². The first kappa shape index (κ1) is 20.0. The molecule has 0 aliphatic heterocycles. The van der Waals surface area contributed by atoms with Crippen LogP contribution in [0.5, 0.6) is 0 Å². The van der Waals surface area contributed by atoms with Crippen molar-refractivity contribution >= 4 is 38.1 Å². The third-order valence-corrected chi connectivity index (χ3v) is 5.99. The van der Waals surface area contributed by atoms with Gasteiger partial charge >= 0.3 is 0 Å². The summed E-state index contributed by atoms with van der Waals surface area (Å²) in [5.74, 6) is -0.663. The van der Waals surface area contributed by atoms with Gasteiger partial charge in [-0.1, -0.05) is 24.3 Å². The number of aromatic nitrogens is 1. The van der Waals surface area contributed by atoms with E-state index in [9.17, 15) is 17.6 Å². The Morgan fingerprint density at radius 3 is 2.57 bits per heavy atom. The van der Waals surface area contributed by atoms with Gasteiger partial charge in [-0.25, -0.2) is 17.8 Å². The van der Waals surface area contributed by atoms with E-state index in [1.165, 1.54) is 34.8 Å². The normalized spacial score (nSPS) is 11.2. The predicted molar refractivity (Wildman–Crippen MR) is 110 cm³/mol. The van der Waals surface area contributed by atoms with E-state index < -0.39 is 10.0 Å². The fourth-order valence-electron chi connectivity index (χ4n) is 2.49. The Morgan fingerprint density at radius 2 is 1.93 bits per heavy atom. The third kappa shape index (κ3) is 4.93. The summed E-state index contributed by atoms with van der Waals surface area (Å²) in [6, 6.07) is 12.8. The van der Waals surface area contributed by atoms with Gasteiger partial charge in [0.2, 0.25) is 15.9 Å². The second kappa shape index (κ2) is 8.07. The number of hydrogen-bond donors (Lipinski definition) is 1. The van der Waals surface area contributed by atoms with Crippen LogP contribution in [-0.4, -0.2) is 32.6 Å². The number of carbonyl (C=O) groups excluding carboxylic acids is 1. The van der Waals surface area contributed by atoms with E-state index in [4.69, 9.17) is 0 Å². The van der Waals surface area contributed by atoms with Gasteiger partial charge in [-0.2, -0.15) is 0 Å². The summed E-state index contributed by atoms with van der Waals surface area (Å²) in [6.07, 6.45) is 1.19. The molecule has 1 N–H and O–H groups in total. The van der Waals surface area contributed by atoms with E-state index in [-0.39, 0.29) is 18.1 Å². The van der Waals surface area contributed by atoms with Crippen LogP contribution in [0.1, 0.15) is 5.56 Å². The standard InChI is InChI=1S/C19H18FN3O3S2/c1-23(28(2,25)26)16-8-6-14(7-9-16)17-12-27-19(21-17)22-18(24)11-13-4-3-5-15(20)10-13/h3-10,12H,11H2,1-2H3,(H,21,22,24). The van der Waals surface area contributed by atoms with Crippen molar-refractivity contribution in [3.8, 4) is 11.3 Å². The molecule has 9 heteroatoms. The maximum Gasteiger partial charge on any atom is 0.231 e. The highest BCUT2D eigenvalue weighted by Gasteiger charge is 2.13. The van der Waals surface area contributed by atoms with Crippen LogP contribution in [0.15, 0.2) is 53.9 Å². The molecule has 146 valence electrons. The maximum absolute atomic E-state index is 13.2. The Morgan fingerprint density at radius 1 is 1.21 bits per heavy atom. The van der Waals surface area contributed by atoms with Crippen LogP contribution in [0.25, 0.3) is 11.3 Å². The smallest absolute Gasteiger partial charge is 0.231 e. The zero-order chi connectivity index (χ0) is 20.3. The van der Waals surface area contributed by atoms with E-state index >= 15 is 0 Å².